The third-order valence-electron chi connectivity index (χ3n) is 4.29. The van der Waals surface area contributed by atoms with Gasteiger partial charge in [0.1, 0.15) is 0 Å². The second-order valence-electron chi connectivity index (χ2n) is 5.38. The molecule has 2 fully saturated rings. The third-order valence-corrected chi connectivity index (χ3v) is 4.29. The largest absolute Gasteiger partial charge is 0.323 e. The van der Waals surface area contributed by atoms with E-state index in [1.807, 2.05) is 16.8 Å². The molecular formula is C13H25N3O. The molecule has 2 heterocycles. The van der Waals surface area contributed by atoms with Crippen LogP contribution in [0.4, 0.5) is 4.79 Å². The summed E-state index contributed by atoms with van der Waals surface area (Å²) in [7, 11) is 1.93. The van der Waals surface area contributed by atoms with Crippen LogP contribution in [0.2, 0.25) is 0 Å². The summed E-state index contributed by atoms with van der Waals surface area (Å²) >= 11 is 0. The van der Waals surface area contributed by atoms with Crippen molar-refractivity contribution in [2.24, 2.45) is 5.92 Å². The highest BCUT2D eigenvalue weighted by Crippen LogP contribution is 2.20. The van der Waals surface area contributed by atoms with Crippen LogP contribution in [0, 0.1) is 5.92 Å². The summed E-state index contributed by atoms with van der Waals surface area (Å²) in [6.45, 7) is 6.33. The van der Waals surface area contributed by atoms with Crippen molar-refractivity contribution in [3.05, 3.63) is 0 Å². The summed E-state index contributed by atoms with van der Waals surface area (Å²) in [5.74, 6) is 0.815. The Labute approximate surface area is 104 Å². The zero-order valence-electron chi connectivity index (χ0n) is 11.1. The van der Waals surface area contributed by atoms with Gasteiger partial charge in [0.2, 0.25) is 0 Å². The lowest BCUT2D eigenvalue weighted by molar-refractivity contribution is 0.191. The first kappa shape index (κ1) is 12.7. The normalized spacial score (nSPS) is 26.9. The van der Waals surface area contributed by atoms with E-state index in [9.17, 15) is 4.79 Å². The Morgan fingerprint density at radius 2 is 2.06 bits per heavy atom. The third kappa shape index (κ3) is 2.92. The number of urea groups is 1. The van der Waals surface area contributed by atoms with Crippen LogP contribution in [0.5, 0.6) is 0 Å². The van der Waals surface area contributed by atoms with Gasteiger partial charge in [0, 0.05) is 20.1 Å². The van der Waals surface area contributed by atoms with Gasteiger partial charge in [-0.25, -0.2) is 4.79 Å². The minimum absolute atomic E-state index is 0.228. The van der Waals surface area contributed by atoms with Crippen LogP contribution in [-0.2, 0) is 0 Å². The molecule has 2 aliphatic heterocycles. The molecule has 0 aromatic rings. The monoisotopic (exact) mass is 239 g/mol. The van der Waals surface area contributed by atoms with Crippen molar-refractivity contribution in [1.29, 1.82) is 0 Å². The van der Waals surface area contributed by atoms with Gasteiger partial charge in [-0.1, -0.05) is 6.92 Å². The second kappa shape index (κ2) is 5.71. The van der Waals surface area contributed by atoms with Crippen LogP contribution in [-0.4, -0.2) is 55.1 Å². The van der Waals surface area contributed by atoms with Crippen molar-refractivity contribution < 1.29 is 4.79 Å². The van der Waals surface area contributed by atoms with Gasteiger partial charge in [0.05, 0.1) is 6.04 Å². The van der Waals surface area contributed by atoms with Crippen molar-refractivity contribution in [2.45, 2.75) is 38.6 Å². The number of carbonyl (C=O) groups excluding carboxylic acids is 1. The number of hydrogen-bond acceptors (Lipinski definition) is 2. The van der Waals surface area contributed by atoms with Gasteiger partial charge >= 0.3 is 6.03 Å². The predicted octanol–water partition coefficient (Wildman–Crippen LogP) is 1.52. The molecule has 0 aromatic heterocycles. The summed E-state index contributed by atoms with van der Waals surface area (Å²) in [5, 5.41) is 3.39. The Kier molecular flexibility index (Phi) is 4.26. The van der Waals surface area contributed by atoms with Crippen molar-refractivity contribution in [1.82, 2.24) is 15.1 Å². The van der Waals surface area contributed by atoms with Crippen molar-refractivity contribution in [3.63, 3.8) is 0 Å². The Bertz CT molecular complexity index is 263. The molecule has 98 valence electrons. The van der Waals surface area contributed by atoms with E-state index in [0.717, 1.165) is 38.5 Å². The topological polar surface area (TPSA) is 35.6 Å². The number of amides is 2. The quantitative estimate of drug-likeness (QED) is 0.807. The van der Waals surface area contributed by atoms with Gasteiger partial charge in [-0.05, 0) is 44.7 Å². The van der Waals surface area contributed by atoms with Gasteiger partial charge in [-0.3, -0.25) is 0 Å². The lowest BCUT2D eigenvalue weighted by Gasteiger charge is -2.24. The molecule has 17 heavy (non-hydrogen) atoms. The first-order chi connectivity index (χ1) is 8.22. The highest BCUT2D eigenvalue weighted by molar-refractivity contribution is 5.76. The average molecular weight is 239 g/mol. The predicted molar refractivity (Wildman–Crippen MR) is 69.0 cm³/mol. The number of nitrogens with one attached hydrogen (secondary N) is 1. The highest BCUT2D eigenvalue weighted by Gasteiger charge is 2.33. The number of hydrogen-bond donors (Lipinski definition) is 1. The number of likely N-dealkylation sites (N-methyl/N-ethyl adjacent to an activating group) is 1. The van der Waals surface area contributed by atoms with E-state index in [1.165, 1.54) is 19.3 Å². The van der Waals surface area contributed by atoms with E-state index in [2.05, 4.69) is 12.2 Å². The van der Waals surface area contributed by atoms with E-state index in [1.54, 1.807) is 0 Å². The minimum Gasteiger partial charge on any atom is -0.323 e. The molecule has 2 aliphatic rings. The molecule has 2 rings (SSSR count). The van der Waals surface area contributed by atoms with Gasteiger partial charge in [-0.15, -0.1) is 0 Å². The molecule has 0 spiro atoms. The number of rotatable bonds is 4. The molecule has 0 aromatic carbocycles. The highest BCUT2D eigenvalue weighted by atomic mass is 16.2. The Morgan fingerprint density at radius 3 is 2.65 bits per heavy atom. The molecular weight excluding hydrogens is 214 g/mol. The molecule has 0 aliphatic carbocycles. The molecule has 1 N–H and O–H groups in total. The van der Waals surface area contributed by atoms with E-state index in [-0.39, 0.29) is 6.03 Å². The zero-order chi connectivity index (χ0) is 12.3. The van der Waals surface area contributed by atoms with Crippen molar-refractivity contribution >= 4 is 6.03 Å². The molecule has 0 saturated carbocycles. The molecule has 0 radical (unpaired) electrons. The average Bonchev–Trinajstić information content (AvgIpc) is 2.65. The summed E-state index contributed by atoms with van der Waals surface area (Å²) in [4.78, 5) is 15.9. The van der Waals surface area contributed by atoms with E-state index >= 15 is 0 Å². The van der Waals surface area contributed by atoms with Crippen LogP contribution >= 0.6 is 0 Å². The fraction of sp³-hybridized carbons (Fsp3) is 0.923. The summed E-state index contributed by atoms with van der Waals surface area (Å²) in [5.41, 5.74) is 0. The van der Waals surface area contributed by atoms with Gasteiger partial charge in [0.15, 0.2) is 0 Å². The lowest BCUT2D eigenvalue weighted by atomic mass is 9.94. The summed E-state index contributed by atoms with van der Waals surface area (Å²) in [6, 6.07) is 0.654. The lowest BCUT2D eigenvalue weighted by Crippen LogP contribution is -2.33. The van der Waals surface area contributed by atoms with E-state index < -0.39 is 0 Å². The number of nitrogens with zero attached hydrogens (tertiary/aromatic N) is 2. The summed E-state index contributed by atoms with van der Waals surface area (Å²) < 4.78 is 0. The maximum absolute atomic E-state index is 12.0. The Hall–Kier alpha value is -0.770. The summed E-state index contributed by atoms with van der Waals surface area (Å²) in [6.07, 6.45) is 4.79. The fourth-order valence-electron chi connectivity index (χ4n) is 2.93. The number of carbonyl (C=O) groups is 1. The SMILES string of the molecule is CCC1CN(CCC2CCNCC2)C(=O)N1C. The second-order valence-corrected chi connectivity index (χ2v) is 5.38. The van der Waals surface area contributed by atoms with Crippen molar-refractivity contribution in [2.75, 3.05) is 33.2 Å². The Morgan fingerprint density at radius 1 is 1.35 bits per heavy atom. The van der Waals surface area contributed by atoms with Crippen LogP contribution in [0.15, 0.2) is 0 Å². The number of piperidine rings is 1. The molecule has 2 saturated heterocycles. The zero-order valence-corrected chi connectivity index (χ0v) is 11.1. The minimum atomic E-state index is 0.228. The van der Waals surface area contributed by atoms with Gasteiger partial charge in [0.25, 0.3) is 0 Å². The standard InChI is InChI=1S/C13H25N3O/c1-3-12-10-16(13(17)15(12)2)9-6-11-4-7-14-8-5-11/h11-12,14H,3-10H2,1-2H3. The van der Waals surface area contributed by atoms with Crippen LogP contribution < -0.4 is 5.32 Å². The van der Waals surface area contributed by atoms with Crippen LogP contribution in [0.25, 0.3) is 0 Å². The first-order valence-corrected chi connectivity index (χ1v) is 6.94. The fourth-order valence-corrected chi connectivity index (χ4v) is 2.93. The smallest absolute Gasteiger partial charge is 0.320 e. The van der Waals surface area contributed by atoms with E-state index in [4.69, 9.17) is 0 Å². The van der Waals surface area contributed by atoms with Gasteiger partial charge < -0.3 is 15.1 Å². The molecule has 2 amide bonds. The molecule has 0 bridgehead atoms. The van der Waals surface area contributed by atoms with Crippen LogP contribution in [0.1, 0.15) is 32.6 Å². The molecule has 1 unspecified atom stereocenters. The Balaban J connectivity index is 1.77. The maximum Gasteiger partial charge on any atom is 0.320 e. The van der Waals surface area contributed by atoms with E-state index in [0.29, 0.717) is 6.04 Å². The molecule has 4 heteroatoms. The molecule has 1 atom stereocenters. The van der Waals surface area contributed by atoms with Gasteiger partial charge in [-0.2, -0.15) is 0 Å². The first-order valence-electron chi connectivity index (χ1n) is 6.94. The maximum atomic E-state index is 12.0. The van der Waals surface area contributed by atoms with Crippen LogP contribution in [0.3, 0.4) is 0 Å². The van der Waals surface area contributed by atoms with Crippen molar-refractivity contribution in [3.8, 4) is 0 Å². The molecule has 4 nitrogen and oxygen atoms in total.